The zero-order chi connectivity index (χ0) is 16.8. The van der Waals surface area contributed by atoms with Crippen molar-refractivity contribution < 1.29 is 9.53 Å². The minimum Gasteiger partial charge on any atom is -0.368 e. The van der Waals surface area contributed by atoms with Gasteiger partial charge in [0.25, 0.3) is 5.91 Å². The first-order valence-electron chi connectivity index (χ1n) is 8.48. The van der Waals surface area contributed by atoms with E-state index in [1.54, 1.807) is 0 Å². The third-order valence-corrected chi connectivity index (χ3v) is 4.40. The summed E-state index contributed by atoms with van der Waals surface area (Å²) in [5.74, 6) is 0.0821. The number of rotatable bonds is 5. The van der Waals surface area contributed by atoms with Crippen LogP contribution in [-0.2, 0) is 16.1 Å². The number of hydrogen-bond donors (Lipinski definition) is 0. The van der Waals surface area contributed by atoms with Crippen molar-refractivity contribution in [1.82, 2.24) is 4.90 Å². The van der Waals surface area contributed by atoms with Crippen LogP contribution in [0, 0.1) is 0 Å². The molecule has 1 saturated heterocycles. The van der Waals surface area contributed by atoms with Crippen molar-refractivity contribution in [3.05, 3.63) is 66.2 Å². The Morgan fingerprint density at radius 3 is 2.17 bits per heavy atom. The summed E-state index contributed by atoms with van der Waals surface area (Å²) >= 11 is 0. The van der Waals surface area contributed by atoms with Gasteiger partial charge in [0, 0.05) is 31.9 Å². The fourth-order valence-corrected chi connectivity index (χ4v) is 2.95. The molecule has 4 nitrogen and oxygen atoms in total. The molecule has 2 aromatic carbocycles. The monoisotopic (exact) mass is 324 g/mol. The lowest BCUT2D eigenvalue weighted by Crippen LogP contribution is -2.51. The van der Waals surface area contributed by atoms with E-state index in [1.807, 2.05) is 60.4 Å². The molecule has 1 aliphatic heterocycles. The van der Waals surface area contributed by atoms with Crippen LogP contribution >= 0.6 is 0 Å². The fraction of sp³-hybridized carbons (Fsp3) is 0.350. The molecule has 0 aromatic heterocycles. The summed E-state index contributed by atoms with van der Waals surface area (Å²) in [6.45, 7) is 5.52. The lowest BCUT2D eigenvalue weighted by atomic mass is 10.2. The van der Waals surface area contributed by atoms with Crippen molar-refractivity contribution in [2.24, 2.45) is 0 Å². The van der Waals surface area contributed by atoms with E-state index >= 15 is 0 Å². The zero-order valence-corrected chi connectivity index (χ0v) is 14.1. The van der Waals surface area contributed by atoms with Gasteiger partial charge >= 0.3 is 0 Å². The highest BCUT2D eigenvalue weighted by Gasteiger charge is 2.25. The number of nitrogens with zero attached hydrogens (tertiary/aromatic N) is 2. The fourth-order valence-electron chi connectivity index (χ4n) is 2.95. The first kappa shape index (κ1) is 16.5. The third kappa shape index (κ3) is 4.15. The number of para-hydroxylation sites is 1. The molecule has 0 saturated carbocycles. The Morgan fingerprint density at radius 1 is 0.958 bits per heavy atom. The SMILES string of the molecule is CC(OCc1ccccc1)C(=O)N1CCN(c2ccccc2)CC1. The summed E-state index contributed by atoms with van der Waals surface area (Å²) in [6, 6.07) is 20.3. The minimum absolute atomic E-state index is 0.0821. The minimum atomic E-state index is -0.409. The first-order valence-corrected chi connectivity index (χ1v) is 8.48. The lowest BCUT2D eigenvalue weighted by molar-refractivity contribution is -0.143. The van der Waals surface area contributed by atoms with Gasteiger partial charge in [-0.05, 0) is 24.6 Å². The van der Waals surface area contributed by atoms with Crippen molar-refractivity contribution >= 4 is 11.6 Å². The summed E-state index contributed by atoms with van der Waals surface area (Å²) in [5, 5.41) is 0. The molecular formula is C20H24N2O2. The van der Waals surface area contributed by atoms with Crippen LogP contribution in [0.25, 0.3) is 0 Å². The lowest BCUT2D eigenvalue weighted by Gasteiger charge is -2.37. The highest BCUT2D eigenvalue weighted by Crippen LogP contribution is 2.16. The van der Waals surface area contributed by atoms with E-state index in [0.29, 0.717) is 6.61 Å². The maximum absolute atomic E-state index is 12.5. The van der Waals surface area contributed by atoms with Crippen molar-refractivity contribution in [1.29, 1.82) is 0 Å². The molecule has 0 aliphatic carbocycles. The molecule has 0 radical (unpaired) electrons. The second-order valence-electron chi connectivity index (χ2n) is 6.09. The maximum Gasteiger partial charge on any atom is 0.251 e. The second-order valence-corrected chi connectivity index (χ2v) is 6.09. The first-order chi connectivity index (χ1) is 11.7. The molecule has 1 aliphatic rings. The molecule has 1 unspecified atom stereocenters. The quantitative estimate of drug-likeness (QED) is 0.848. The number of anilines is 1. The molecule has 1 amide bonds. The number of piperazine rings is 1. The third-order valence-electron chi connectivity index (χ3n) is 4.40. The molecule has 1 heterocycles. The summed E-state index contributed by atoms with van der Waals surface area (Å²) in [4.78, 5) is 16.8. The van der Waals surface area contributed by atoms with Crippen molar-refractivity contribution in [3.63, 3.8) is 0 Å². The average Bonchev–Trinajstić information content (AvgIpc) is 2.67. The van der Waals surface area contributed by atoms with Crippen molar-refractivity contribution in [3.8, 4) is 0 Å². The number of hydrogen-bond acceptors (Lipinski definition) is 3. The van der Waals surface area contributed by atoms with Crippen molar-refractivity contribution in [2.75, 3.05) is 31.1 Å². The molecule has 24 heavy (non-hydrogen) atoms. The van der Waals surface area contributed by atoms with E-state index < -0.39 is 6.10 Å². The number of carbonyl (C=O) groups is 1. The van der Waals surface area contributed by atoms with Gasteiger partial charge in [0.15, 0.2) is 0 Å². The number of carbonyl (C=O) groups excluding carboxylic acids is 1. The Bertz CT molecular complexity index is 637. The van der Waals surface area contributed by atoms with Gasteiger partial charge in [0.2, 0.25) is 0 Å². The van der Waals surface area contributed by atoms with Crippen LogP contribution in [-0.4, -0.2) is 43.1 Å². The largest absolute Gasteiger partial charge is 0.368 e. The van der Waals surface area contributed by atoms with E-state index in [4.69, 9.17) is 4.74 Å². The molecule has 126 valence electrons. The van der Waals surface area contributed by atoms with Gasteiger partial charge in [0.05, 0.1) is 6.61 Å². The molecule has 1 fully saturated rings. The van der Waals surface area contributed by atoms with Crippen LogP contribution < -0.4 is 4.90 Å². The molecule has 2 aromatic rings. The van der Waals surface area contributed by atoms with Crippen LogP contribution in [0.3, 0.4) is 0 Å². The van der Waals surface area contributed by atoms with E-state index in [2.05, 4.69) is 17.0 Å². The zero-order valence-electron chi connectivity index (χ0n) is 14.1. The smallest absolute Gasteiger partial charge is 0.251 e. The number of benzene rings is 2. The van der Waals surface area contributed by atoms with Gasteiger partial charge in [-0.1, -0.05) is 48.5 Å². The predicted molar refractivity (Wildman–Crippen MR) is 95.9 cm³/mol. The van der Waals surface area contributed by atoms with Gasteiger partial charge in [-0.15, -0.1) is 0 Å². The normalized spacial score (nSPS) is 16.0. The summed E-state index contributed by atoms with van der Waals surface area (Å²) in [6.07, 6.45) is -0.409. The standard InChI is InChI=1S/C20H24N2O2/c1-17(24-16-18-8-4-2-5-9-18)20(23)22-14-12-21(13-15-22)19-10-6-3-7-11-19/h2-11,17H,12-16H2,1H3. The van der Waals surface area contributed by atoms with Gasteiger partial charge in [0.1, 0.15) is 6.10 Å². The van der Waals surface area contributed by atoms with Crippen LogP contribution in [0.1, 0.15) is 12.5 Å². The van der Waals surface area contributed by atoms with E-state index in [-0.39, 0.29) is 5.91 Å². The Labute approximate surface area is 143 Å². The van der Waals surface area contributed by atoms with Gasteiger partial charge < -0.3 is 14.5 Å². The molecule has 3 rings (SSSR count). The molecule has 4 heteroatoms. The van der Waals surface area contributed by atoms with E-state index in [1.165, 1.54) is 5.69 Å². The number of ether oxygens (including phenoxy) is 1. The summed E-state index contributed by atoms with van der Waals surface area (Å²) < 4.78 is 5.75. The molecule has 0 N–H and O–H groups in total. The topological polar surface area (TPSA) is 32.8 Å². The predicted octanol–water partition coefficient (Wildman–Crippen LogP) is 2.94. The van der Waals surface area contributed by atoms with Gasteiger partial charge in [-0.25, -0.2) is 0 Å². The van der Waals surface area contributed by atoms with E-state index in [0.717, 1.165) is 31.7 Å². The van der Waals surface area contributed by atoms with Crippen LogP contribution in [0.15, 0.2) is 60.7 Å². The highest BCUT2D eigenvalue weighted by molar-refractivity contribution is 5.80. The molecule has 0 spiro atoms. The van der Waals surface area contributed by atoms with Crippen LogP contribution in [0.2, 0.25) is 0 Å². The molecular weight excluding hydrogens is 300 g/mol. The Hall–Kier alpha value is -2.33. The molecule has 1 atom stereocenters. The Kier molecular flexibility index (Phi) is 5.49. The maximum atomic E-state index is 12.5. The van der Waals surface area contributed by atoms with Gasteiger partial charge in [-0.3, -0.25) is 4.79 Å². The van der Waals surface area contributed by atoms with Crippen LogP contribution in [0.4, 0.5) is 5.69 Å². The Morgan fingerprint density at radius 2 is 1.54 bits per heavy atom. The van der Waals surface area contributed by atoms with Gasteiger partial charge in [-0.2, -0.15) is 0 Å². The second kappa shape index (κ2) is 7.97. The van der Waals surface area contributed by atoms with Crippen LogP contribution in [0.5, 0.6) is 0 Å². The Balaban J connectivity index is 1.48. The van der Waals surface area contributed by atoms with E-state index in [9.17, 15) is 4.79 Å². The summed E-state index contributed by atoms with van der Waals surface area (Å²) in [5.41, 5.74) is 2.31. The van der Waals surface area contributed by atoms with Crippen molar-refractivity contribution in [2.45, 2.75) is 19.6 Å². The number of amides is 1. The summed E-state index contributed by atoms with van der Waals surface area (Å²) in [7, 11) is 0. The average molecular weight is 324 g/mol. The molecule has 0 bridgehead atoms. The highest BCUT2D eigenvalue weighted by atomic mass is 16.5.